The quantitative estimate of drug-likeness (QED) is 0.726. The molecule has 138 valence electrons. The number of aromatic nitrogens is 2. The molecule has 1 aromatic heterocycles. The highest BCUT2D eigenvalue weighted by atomic mass is 16.2. The van der Waals surface area contributed by atoms with E-state index in [0.29, 0.717) is 6.54 Å². The van der Waals surface area contributed by atoms with Crippen LogP contribution in [0.2, 0.25) is 0 Å². The molecule has 0 aliphatic carbocycles. The number of aromatic amines is 1. The Labute approximate surface area is 159 Å². The van der Waals surface area contributed by atoms with Crippen molar-refractivity contribution in [3.63, 3.8) is 0 Å². The zero-order chi connectivity index (χ0) is 18.6. The number of nitrogens with one attached hydrogen (secondary N) is 1. The molecule has 27 heavy (non-hydrogen) atoms. The molecule has 2 heterocycles. The van der Waals surface area contributed by atoms with Gasteiger partial charge in [0.1, 0.15) is 0 Å². The molecular formula is C22H24N4O. The molecule has 1 fully saturated rings. The van der Waals surface area contributed by atoms with Gasteiger partial charge in [0.2, 0.25) is 11.9 Å². The van der Waals surface area contributed by atoms with Crippen LogP contribution in [0.5, 0.6) is 0 Å². The third-order valence-electron chi connectivity index (χ3n) is 4.98. The highest BCUT2D eigenvalue weighted by Crippen LogP contribution is 2.18. The van der Waals surface area contributed by atoms with Gasteiger partial charge in [0, 0.05) is 32.3 Å². The maximum Gasteiger partial charge on any atom is 0.246 e. The van der Waals surface area contributed by atoms with Gasteiger partial charge in [-0.2, -0.15) is 0 Å². The van der Waals surface area contributed by atoms with Gasteiger partial charge in [-0.1, -0.05) is 42.0 Å². The Morgan fingerprint density at radius 3 is 2.67 bits per heavy atom. The Morgan fingerprint density at radius 2 is 1.85 bits per heavy atom. The van der Waals surface area contributed by atoms with E-state index in [-0.39, 0.29) is 5.91 Å². The van der Waals surface area contributed by atoms with Crippen LogP contribution in [-0.2, 0) is 4.79 Å². The predicted octanol–water partition coefficient (Wildman–Crippen LogP) is 3.62. The molecule has 0 unspecified atom stereocenters. The molecule has 3 aromatic rings. The van der Waals surface area contributed by atoms with Crippen LogP contribution in [0.15, 0.2) is 54.6 Å². The van der Waals surface area contributed by atoms with Gasteiger partial charge in [-0.05, 0) is 37.1 Å². The number of nitrogens with zero attached hydrogens (tertiary/aromatic N) is 3. The molecule has 0 saturated carbocycles. The summed E-state index contributed by atoms with van der Waals surface area (Å²) in [6, 6.07) is 16.2. The van der Waals surface area contributed by atoms with Crippen molar-refractivity contribution in [2.45, 2.75) is 13.3 Å². The average molecular weight is 360 g/mol. The largest absolute Gasteiger partial charge is 0.341 e. The van der Waals surface area contributed by atoms with E-state index in [2.05, 4.69) is 33.9 Å². The molecule has 0 bridgehead atoms. The maximum absolute atomic E-state index is 12.6. The van der Waals surface area contributed by atoms with Gasteiger partial charge < -0.3 is 14.8 Å². The SMILES string of the molecule is Cc1ccc(/C=C/C(=O)N2CCCN(c3nc4ccccc4[nH]3)CC2)cc1. The van der Waals surface area contributed by atoms with E-state index in [0.717, 1.165) is 48.6 Å². The second-order valence-electron chi connectivity index (χ2n) is 6.99. The highest BCUT2D eigenvalue weighted by Gasteiger charge is 2.19. The summed E-state index contributed by atoms with van der Waals surface area (Å²) in [5.74, 6) is 0.961. The first-order valence-corrected chi connectivity index (χ1v) is 9.42. The number of hydrogen-bond donors (Lipinski definition) is 1. The number of amides is 1. The first kappa shape index (κ1) is 17.3. The summed E-state index contributed by atoms with van der Waals surface area (Å²) in [7, 11) is 0. The Morgan fingerprint density at radius 1 is 1.04 bits per heavy atom. The topological polar surface area (TPSA) is 52.2 Å². The molecule has 0 spiro atoms. The van der Waals surface area contributed by atoms with Gasteiger partial charge >= 0.3 is 0 Å². The summed E-state index contributed by atoms with van der Waals surface area (Å²) >= 11 is 0. The van der Waals surface area contributed by atoms with Crippen LogP contribution < -0.4 is 4.90 Å². The van der Waals surface area contributed by atoms with Crippen LogP contribution in [-0.4, -0.2) is 47.0 Å². The van der Waals surface area contributed by atoms with Gasteiger partial charge in [0.15, 0.2) is 0 Å². The van der Waals surface area contributed by atoms with Crippen LogP contribution >= 0.6 is 0 Å². The van der Waals surface area contributed by atoms with Crippen molar-refractivity contribution in [1.29, 1.82) is 0 Å². The lowest BCUT2D eigenvalue weighted by molar-refractivity contribution is -0.125. The number of carbonyl (C=O) groups is 1. The number of rotatable bonds is 3. The minimum atomic E-state index is 0.0713. The average Bonchev–Trinajstić information content (AvgIpc) is 2.96. The first-order valence-electron chi connectivity index (χ1n) is 9.42. The van der Waals surface area contributed by atoms with Crippen molar-refractivity contribution in [1.82, 2.24) is 14.9 Å². The van der Waals surface area contributed by atoms with E-state index in [4.69, 9.17) is 0 Å². The second-order valence-corrected chi connectivity index (χ2v) is 6.99. The standard InChI is InChI=1S/C22H24N4O/c1-17-7-9-18(10-8-17)11-12-21(27)25-13-4-14-26(16-15-25)22-23-19-5-2-3-6-20(19)24-22/h2-3,5-12H,4,13-16H2,1H3,(H,23,24)/b12-11+. The van der Waals surface area contributed by atoms with Gasteiger partial charge in [0.25, 0.3) is 0 Å². The minimum absolute atomic E-state index is 0.0713. The first-order chi connectivity index (χ1) is 13.2. The lowest BCUT2D eigenvalue weighted by Crippen LogP contribution is -2.34. The van der Waals surface area contributed by atoms with E-state index >= 15 is 0 Å². The number of hydrogen-bond acceptors (Lipinski definition) is 3. The molecule has 0 radical (unpaired) electrons. The normalized spacial score (nSPS) is 15.4. The number of fused-ring (bicyclic) bond motifs is 1. The summed E-state index contributed by atoms with van der Waals surface area (Å²) in [6.07, 6.45) is 4.51. The molecule has 1 saturated heterocycles. The summed E-state index contributed by atoms with van der Waals surface area (Å²) in [5, 5.41) is 0. The van der Waals surface area contributed by atoms with E-state index in [9.17, 15) is 4.79 Å². The highest BCUT2D eigenvalue weighted by molar-refractivity contribution is 5.91. The van der Waals surface area contributed by atoms with E-state index in [1.54, 1.807) is 6.08 Å². The van der Waals surface area contributed by atoms with Gasteiger partial charge in [-0.3, -0.25) is 4.79 Å². The van der Waals surface area contributed by atoms with E-state index in [1.165, 1.54) is 5.56 Å². The molecule has 1 aliphatic rings. The van der Waals surface area contributed by atoms with Gasteiger partial charge in [-0.15, -0.1) is 0 Å². The zero-order valence-corrected chi connectivity index (χ0v) is 15.6. The predicted molar refractivity (Wildman–Crippen MR) is 110 cm³/mol. The van der Waals surface area contributed by atoms with Crippen LogP contribution in [0.25, 0.3) is 17.1 Å². The van der Waals surface area contributed by atoms with Crippen LogP contribution in [0.3, 0.4) is 0 Å². The van der Waals surface area contributed by atoms with Crippen LogP contribution in [0.1, 0.15) is 17.5 Å². The number of imidazole rings is 1. The number of para-hydroxylation sites is 2. The fraction of sp³-hybridized carbons (Fsp3) is 0.273. The Balaban J connectivity index is 1.40. The number of H-pyrrole nitrogens is 1. The summed E-state index contributed by atoms with van der Waals surface area (Å²) in [5.41, 5.74) is 4.29. The Bertz CT molecular complexity index is 925. The van der Waals surface area contributed by atoms with Crippen molar-refractivity contribution < 1.29 is 4.79 Å². The third kappa shape index (κ3) is 4.03. The number of aryl methyl sites for hydroxylation is 1. The molecule has 4 rings (SSSR count). The smallest absolute Gasteiger partial charge is 0.246 e. The van der Waals surface area contributed by atoms with Gasteiger partial charge in [0.05, 0.1) is 11.0 Å². The minimum Gasteiger partial charge on any atom is -0.341 e. The fourth-order valence-electron chi connectivity index (χ4n) is 3.39. The fourth-order valence-corrected chi connectivity index (χ4v) is 3.39. The van der Waals surface area contributed by atoms with Crippen molar-refractivity contribution in [3.8, 4) is 0 Å². The molecular weight excluding hydrogens is 336 g/mol. The van der Waals surface area contributed by atoms with Crippen molar-refractivity contribution in [2.75, 3.05) is 31.1 Å². The zero-order valence-electron chi connectivity index (χ0n) is 15.6. The lowest BCUT2D eigenvalue weighted by Gasteiger charge is -2.20. The van der Waals surface area contributed by atoms with Crippen LogP contribution in [0, 0.1) is 6.92 Å². The Hall–Kier alpha value is -3.08. The molecule has 2 aromatic carbocycles. The number of benzene rings is 2. The molecule has 1 aliphatic heterocycles. The summed E-state index contributed by atoms with van der Waals surface area (Å²) in [4.78, 5) is 24.8. The second kappa shape index (κ2) is 7.66. The third-order valence-corrected chi connectivity index (χ3v) is 4.98. The van der Waals surface area contributed by atoms with Crippen molar-refractivity contribution >= 4 is 29.0 Å². The van der Waals surface area contributed by atoms with Crippen molar-refractivity contribution in [3.05, 3.63) is 65.7 Å². The monoisotopic (exact) mass is 360 g/mol. The van der Waals surface area contributed by atoms with E-state index in [1.807, 2.05) is 47.4 Å². The van der Waals surface area contributed by atoms with E-state index < -0.39 is 0 Å². The molecule has 0 atom stereocenters. The Kier molecular flexibility index (Phi) is 4.92. The maximum atomic E-state index is 12.6. The van der Waals surface area contributed by atoms with Gasteiger partial charge in [-0.25, -0.2) is 4.98 Å². The molecule has 1 amide bonds. The lowest BCUT2D eigenvalue weighted by atomic mass is 10.1. The number of anilines is 1. The van der Waals surface area contributed by atoms with Crippen molar-refractivity contribution in [2.24, 2.45) is 0 Å². The molecule has 5 heteroatoms. The number of carbonyl (C=O) groups excluding carboxylic acids is 1. The molecule has 5 nitrogen and oxygen atoms in total. The summed E-state index contributed by atoms with van der Waals surface area (Å²) in [6.45, 7) is 5.21. The summed E-state index contributed by atoms with van der Waals surface area (Å²) < 4.78 is 0. The van der Waals surface area contributed by atoms with Crippen LogP contribution in [0.4, 0.5) is 5.95 Å². The molecule has 1 N–H and O–H groups in total.